The first-order valence-electron chi connectivity index (χ1n) is 6.71. The quantitative estimate of drug-likeness (QED) is 0.859. The fraction of sp³-hybridized carbons (Fsp3) is 0.643. The second-order valence-corrected chi connectivity index (χ2v) is 5.36. The van der Waals surface area contributed by atoms with Crippen LogP contribution in [-0.4, -0.2) is 25.5 Å². The summed E-state index contributed by atoms with van der Waals surface area (Å²) in [4.78, 5) is 11.9. The fourth-order valence-corrected chi connectivity index (χ4v) is 2.28. The van der Waals surface area contributed by atoms with E-state index in [1.807, 2.05) is 13.0 Å². The molecule has 2 rings (SSSR count). The summed E-state index contributed by atoms with van der Waals surface area (Å²) < 4.78 is 5.44. The van der Waals surface area contributed by atoms with Crippen molar-refractivity contribution in [2.45, 2.75) is 33.1 Å². The summed E-state index contributed by atoms with van der Waals surface area (Å²) in [6, 6.07) is 3.61. The minimum absolute atomic E-state index is 0.102. The van der Waals surface area contributed by atoms with Crippen LogP contribution >= 0.6 is 0 Å². The van der Waals surface area contributed by atoms with Crippen molar-refractivity contribution in [3.05, 3.63) is 23.7 Å². The molecule has 2 N–H and O–H groups in total. The second-order valence-electron chi connectivity index (χ2n) is 5.36. The zero-order valence-corrected chi connectivity index (χ0v) is 11.2. The summed E-state index contributed by atoms with van der Waals surface area (Å²) in [5.41, 5.74) is 0.209. The lowest BCUT2D eigenvalue weighted by Crippen LogP contribution is -2.42. The average Bonchev–Trinajstić information content (AvgIpc) is 2.86. The molecule has 2 heterocycles. The van der Waals surface area contributed by atoms with Gasteiger partial charge < -0.3 is 15.1 Å². The van der Waals surface area contributed by atoms with Gasteiger partial charge in [0.15, 0.2) is 5.76 Å². The lowest BCUT2D eigenvalue weighted by molar-refractivity contribution is 0.0893. The van der Waals surface area contributed by atoms with Crippen molar-refractivity contribution in [1.82, 2.24) is 10.6 Å². The van der Waals surface area contributed by atoms with E-state index in [1.54, 1.807) is 6.07 Å². The van der Waals surface area contributed by atoms with Gasteiger partial charge in [-0.1, -0.05) is 13.8 Å². The van der Waals surface area contributed by atoms with E-state index < -0.39 is 0 Å². The van der Waals surface area contributed by atoms with E-state index in [9.17, 15) is 4.79 Å². The number of aryl methyl sites for hydroxylation is 1. The maximum absolute atomic E-state index is 11.9. The van der Waals surface area contributed by atoms with Gasteiger partial charge in [-0.3, -0.25) is 4.79 Å². The Morgan fingerprint density at radius 2 is 2.17 bits per heavy atom. The van der Waals surface area contributed by atoms with Crippen molar-refractivity contribution >= 4 is 5.91 Å². The summed E-state index contributed by atoms with van der Waals surface area (Å²) >= 11 is 0. The highest BCUT2D eigenvalue weighted by Gasteiger charge is 2.27. The number of furan rings is 1. The van der Waals surface area contributed by atoms with Crippen molar-refractivity contribution in [2.24, 2.45) is 5.41 Å². The van der Waals surface area contributed by atoms with Gasteiger partial charge in [0.1, 0.15) is 5.76 Å². The molecule has 0 spiro atoms. The normalized spacial score (nSPS) is 18.6. The molecule has 0 radical (unpaired) electrons. The van der Waals surface area contributed by atoms with Crippen LogP contribution in [0.4, 0.5) is 0 Å². The number of hydrogen-bond acceptors (Lipinski definition) is 3. The minimum Gasteiger partial charge on any atom is -0.456 e. The Morgan fingerprint density at radius 1 is 1.44 bits per heavy atom. The number of rotatable bonds is 4. The highest BCUT2D eigenvalue weighted by Crippen LogP contribution is 2.26. The summed E-state index contributed by atoms with van der Waals surface area (Å²) in [6.45, 7) is 7.03. The molecule has 18 heavy (non-hydrogen) atoms. The van der Waals surface area contributed by atoms with E-state index in [2.05, 4.69) is 17.6 Å². The molecule has 100 valence electrons. The molecule has 1 aliphatic rings. The first-order chi connectivity index (χ1) is 8.63. The molecule has 4 heteroatoms. The lowest BCUT2D eigenvalue weighted by Gasteiger charge is -2.33. The maximum Gasteiger partial charge on any atom is 0.287 e. The number of carbonyl (C=O) groups is 1. The Kier molecular flexibility index (Phi) is 4.07. The first-order valence-corrected chi connectivity index (χ1v) is 6.71. The summed E-state index contributed by atoms with van der Waals surface area (Å²) in [7, 11) is 0. The van der Waals surface area contributed by atoms with E-state index in [-0.39, 0.29) is 11.3 Å². The molecule has 4 nitrogen and oxygen atoms in total. The highest BCUT2D eigenvalue weighted by molar-refractivity contribution is 5.91. The van der Waals surface area contributed by atoms with Crippen LogP contribution < -0.4 is 10.6 Å². The lowest BCUT2D eigenvalue weighted by atomic mass is 9.81. The molecule has 0 bridgehead atoms. The molecule has 1 aromatic heterocycles. The van der Waals surface area contributed by atoms with Gasteiger partial charge in [0.25, 0.3) is 5.91 Å². The Morgan fingerprint density at radius 3 is 2.78 bits per heavy atom. The number of hydrogen-bond donors (Lipinski definition) is 2. The fourth-order valence-electron chi connectivity index (χ4n) is 2.28. The van der Waals surface area contributed by atoms with Crippen LogP contribution in [0.3, 0.4) is 0 Å². The number of nitrogens with one attached hydrogen (secondary N) is 2. The topological polar surface area (TPSA) is 54.3 Å². The smallest absolute Gasteiger partial charge is 0.287 e. The summed E-state index contributed by atoms with van der Waals surface area (Å²) in [6.07, 6.45) is 3.02. The highest BCUT2D eigenvalue weighted by atomic mass is 16.3. The van der Waals surface area contributed by atoms with E-state index in [4.69, 9.17) is 4.42 Å². The van der Waals surface area contributed by atoms with Gasteiger partial charge in [0.2, 0.25) is 0 Å². The number of piperidine rings is 1. The zero-order chi connectivity index (χ0) is 13.0. The van der Waals surface area contributed by atoms with Crippen molar-refractivity contribution < 1.29 is 9.21 Å². The van der Waals surface area contributed by atoms with E-state index in [0.29, 0.717) is 5.76 Å². The van der Waals surface area contributed by atoms with Crippen LogP contribution in [0.5, 0.6) is 0 Å². The van der Waals surface area contributed by atoms with Crippen LogP contribution in [0.1, 0.15) is 43.0 Å². The first kappa shape index (κ1) is 13.1. The SMILES string of the molecule is CCc1ccc(C(=O)NCC2(C)CCNCC2)o1. The third-order valence-corrected chi connectivity index (χ3v) is 3.72. The molecule has 0 saturated carbocycles. The van der Waals surface area contributed by atoms with E-state index in [0.717, 1.165) is 44.7 Å². The van der Waals surface area contributed by atoms with Crippen LogP contribution in [0.15, 0.2) is 16.5 Å². The van der Waals surface area contributed by atoms with Gasteiger partial charge in [-0.15, -0.1) is 0 Å². The van der Waals surface area contributed by atoms with Gasteiger partial charge in [0.05, 0.1) is 0 Å². The van der Waals surface area contributed by atoms with Crippen molar-refractivity contribution in [3.63, 3.8) is 0 Å². The van der Waals surface area contributed by atoms with Crippen molar-refractivity contribution in [3.8, 4) is 0 Å². The average molecular weight is 250 g/mol. The van der Waals surface area contributed by atoms with E-state index in [1.165, 1.54) is 0 Å². The molecular weight excluding hydrogens is 228 g/mol. The third-order valence-electron chi connectivity index (χ3n) is 3.72. The van der Waals surface area contributed by atoms with Crippen molar-refractivity contribution in [2.75, 3.05) is 19.6 Å². The van der Waals surface area contributed by atoms with Gasteiger partial charge in [-0.2, -0.15) is 0 Å². The van der Waals surface area contributed by atoms with Gasteiger partial charge in [-0.05, 0) is 43.5 Å². The Labute approximate surface area is 108 Å². The monoisotopic (exact) mass is 250 g/mol. The Hall–Kier alpha value is -1.29. The maximum atomic E-state index is 11.9. The third kappa shape index (κ3) is 3.13. The largest absolute Gasteiger partial charge is 0.456 e. The molecule has 0 aromatic carbocycles. The molecular formula is C14H22N2O2. The summed E-state index contributed by atoms with van der Waals surface area (Å²) in [5.74, 6) is 1.17. The molecule has 0 aliphatic carbocycles. The van der Waals surface area contributed by atoms with E-state index >= 15 is 0 Å². The summed E-state index contributed by atoms with van der Waals surface area (Å²) in [5, 5.41) is 6.33. The predicted octanol–water partition coefficient (Wildman–Crippen LogP) is 1.96. The number of carbonyl (C=O) groups excluding carboxylic acids is 1. The van der Waals surface area contributed by atoms with Crippen LogP contribution in [0.2, 0.25) is 0 Å². The Balaban J connectivity index is 1.87. The molecule has 0 unspecified atom stereocenters. The molecule has 1 aromatic rings. The van der Waals surface area contributed by atoms with Crippen LogP contribution in [0, 0.1) is 5.41 Å². The zero-order valence-electron chi connectivity index (χ0n) is 11.2. The molecule has 1 saturated heterocycles. The molecule has 1 amide bonds. The van der Waals surface area contributed by atoms with Crippen LogP contribution in [0.25, 0.3) is 0 Å². The van der Waals surface area contributed by atoms with Gasteiger partial charge in [0, 0.05) is 13.0 Å². The Bertz CT molecular complexity index is 406. The van der Waals surface area contributed by atoms with Gasteiger partial charge in [-0.25, -0.2) is 0 Å². The second kappa shape index (κ2) is 5.57. The molecule has 1 aliphatic heterocycles. The minimum atomic E-state index is -0.102. The predicted molar refractivity (Wildman–Crippen MR) is 70.6 cm³/mol. The van der Waals surface area contributed by atoms with Crippen LogP contribution in [-0.2, 0) is 6.42 Å². The molecule has 1 fully saturated rings. The number of amides is 1. The molecule has 0 atom stereocenters. The standard InChI is InChI=1S/C14H22N2O2/c1-3-11-4-5-12(18-11)13(17)16-10-14(2)6-8-15-9-7-14/h4-5,15H,3,6-10H2,1-2H3,(H,16,17). The van der Waals surface area contributed by atoms with Crippen molar-refractivity contribution in [1.29, 1.82) is 0 Å². The van der Waals surface area contributed by atoms with Gasteiger partial charge >= 0.3 is 0 Å².